The van der Waals surface area contributed by atoms with E-state index in [1.54, 1.807) is 4.90 Å². The van der Waals surface area contributed by atoms with Crippen molar-refractivity contribution in [2.75, 3.05) is 52.4 Å². The quantitative estimate of drug-likeness (QED) is 0.757. The first-order valence-corrected chi connectivity index (χ1v) is 7.68. The highest BCUT2D eigenvalue weighted by Crippen LogP contribution is 2.10. The molecule has 0 aromatic carbocycles. The van der Waals surface area contributed by atoms with Crippen molar-refractivity contribution in [1.29, 1.82) is 0 Å². The molecular weight excluding hydrogens is 256 g/mol. The Labute approximate surface area is 120 Å². The average molecular weight is 282 g/mol. The van der Waals surface area contributed by atoms with E-state index >= 15 is 0 Å². The molecule has 2 heterocycles. The van der Waals surface area contributed by atoms with Gasteiger partial charge in [0, 0.05) is 39.3 Å². The second kappa shape index (κ2) is 7.59. The van der Waals surface area contributed by atoms with Crippen molar-refractivity contribution < 1.29 is 9.59 Å². The molecule has 0 aromatic heterocycles. The summed E-state index contributed by atoms with van der Waals surface area (Å²) < 4.78 is 0. The molecule has 0 spiro atoms. The molecule has 2 rings (SSSR count). The summed E-state index contributed by atoms with van der Waals surface area (Å²) in [6.07, 6.45) is 4.74. The summed E-state index contributed by atoms with van der Waals surface area (Å²) in [7, 11) is 0. The molecule has 6 heteroatoms. The third-order valence-electron chi connectivity index (χ3n) is 4.22. The van der Waals surface area contributed by atoms with Gasteiger partial charge in [0.2, 0.25) is 11.8 Å². The predicted molar refractivity (Wildman–Crippen MR) is 77.1 cm³/mol. The lowest BCUT2D eigenvalue weighted by atomic mass is 10.2. The highest BCUT2D eigenvalue weighted by molar-refractivity contribution is 5.79. The zero-order chi connectivity index (χ0) is 14.4. The molecule has 2 N–H and O–H groups in total. The van der Waals surface area contributed by atoms with Crippen LogP contribution in [0.15, 0.2) is 0 Å². The molecule has 20 heavy (non-hydrogen) atoms. The summed E-state index contributed by atoms with van der Waals surface area (Å²) in [4.78, 5) is 29.7. The van der Waals surface area contributed by atoms with Crippen LogP contribution >= 0.6 is 0 Å². The highest BCUT2D eigenvalue weighted by Gasteiger charge is 2.23. The van der Waals surface area contributed by atoms with Crippen LogP contribution in [0.1, 0.15) is 25.7 Å². The van der Waals surface area contributed by atoms with Gasteiger partial charge in [-0.25, -0.2) is 0 Å². The number of piperazine rings is 1. The number of amides is 2. The van der Waals surface area contributed by atoms with Crippen LogP contribution in [-0.4, -0.2) is 78.9 Å². The van der Waals surface area contributed by atoms with Gasteiger partial charge in [-0.05, 0) is 12.8 Å². The Morgan fingerprint density at radius 3 is 1.85 bits per heavy atom. The van der Waals surface area contributed by atoms with E-state index in [0.717, 1.165) is 39.0 Å². The highest BCUT2D eigenvalue weighted by atomic mass is 16.2. The van der Waals surface area contributed by atoms with Gasteiger partial charge in [-0.1, -0.05) is 12.8 Å². The molecule has 2 aliphatic heterocycles. The largest absolute Gasteiger partial charge is 0.342 e. The van der Waals surface area contributed by atoms with Crippen LogP contribution in [0.4, 0.5) is 0 Å². The normalized spacial score (nSPS) is 21.6. The van der Waals surface area contributed by atoms with Gasteiger partial charge in [0.05, 0.1) is 13.1 Å². The summed E-state index contributed by atoms with van der Waals surface area (Å²) in [6, 6.07) is 0. The number of nitrogens with two attached hydrogens (primary N) is 1. The van der Waals surface area contributed by atoms with Crippen LogP contribution < -0.4 is 5.73 Å². The molecule has 2 aliphatic rings. The van der Waals surface area contributed by atoms with Crippen molar-refractivity contribution in [3.05, 3.63) is 0 Å². The van der Waals surface area contributed by atoms with Crippen LogP contribution in [0.5, 0.6) is 0 Å². The zero-order valence-corrected chi connectivity index (χ0v) is 12.2. The first-order chi connectivity index (χ1) is 9.70. The van der Waals surface area contributed by atoms with Crippen molar-refractivity contribution in [2.24, 2.45) is 5.73 Å². The Balaban J connectivity index is 1.74. The van der Waals surface area contributed by atoms with Gasteiger partial charge in [0.15, 0.2) is 0 Å². The lowest BCUT2D eigenvalue weighted by Crippen LogP contribution is -2.52. The Morgan fingerprint density at radius 1 is 0.750 bits per heavy atom. The molecule has 6 nitrogen and oxygen atoms in total. The fourth-order valence-electron chi connectivity index (χ4n) is 2.90. The molecule has 0 radical (unpaired) electrons. The summed E-state index contributed by atoms with van der Waals surface area (Å²) in [5.74, 6) is 0.244. The van der Waals surface area contributed by atoms with Gasteiger partial charge in [-0.15, -0.1) is 0 Å². The Hall–Kier alpha value is -1.14. The Morgan fingerprint density at radius 2 is 1.30 bits per heavy atom. The van der Waals surface area contributed by atoms with E-state index in [-0.39, 0.29) is 18.4 Å². The van der Waals surface area contributed by atoms with Crippen LogP contribution in [0, 0.1) is 0 Å². The van der Waals surface area contributed by atoms with E-state index in [0.29, 0.717) is 19.6 Å². The van der Waals surface area contributed by atoms with E-state index in [1.807, 2.05) is 4.90 Å². The van der Waals surface area contributed by atoms with Crippen molar-refractivity contribution in [2.45, 2.75) is 25.7 Å². The topological polar surface area (TPSA) is 69.9 Å². The zero-order valence-electron chi connectivity index (χ0n) is 12.2. The predicted octanol–water partition coefficient (Wildman–Crippen LogP) is -0.508. The molecule has 2 amide bonds. The monoisotopic (exact) mass is 282 g/mol. The fraction of sp³-hybridized carbons (Fsp3) is 0.857. The molecule has 0 atom stereocenters. The molecule has 2 fully saturated rings. The van der Waals surface area contributed by atoms with Crippen LogP contribution in [0.25, 0.3) is 0 Å². The van der Waals surface area contributed by atoms with Crippen molar-refractivity contribution >= 4 is 11.8 Å². The van der Waals surface area contributed by atoms with Gasteiger partial charge in [-0.3, -0.25) is 14.5 Å². The summed E-state index contributed by atoms with van der Waals surface area (Å²) in [5.41, 5.74) is 5.36. The number of carbonyl (C=O) groups excluding carboxylic acids is 2. The van der Waals surface area contributed by atoms with Gasteiger partial charge in [0.25, 0.3) is 0 Å². The van der Waals surface area contributed by atoms with E-state index in [2.05, 4.69) is 4.90 Å². The van der Waals surface area contributed by atoms with E-state index in [1.165, 1.54) is 12.8 Å². The molecule has 0 unspecified atom stereocenters. The van der Waals surface area contributed by atoms with Crippen LogP contribution in [0.2, 0.25) is 0 Å². The fourth-order valence-corrected chi connectivity index (χ4v) is 2.90. The number of carbonyl (C=O) groups is 2. The first-order valence-electron chi connectivity index (χ1n) is 7.68. The standard InChI is InChI=1S/C14H26N4O2/c15-11-13(19)18-9-7-16(8-10-18)12-14(20)17-5-3-1-2-4-6-17/h1-12,15H2. The van der Waals surface area contributed by atoms with Crippen molar-refractivity contribution in [1.82, 2.24) is 14.7 Å². The second-order valence-corrected chi connectivity index (χ2v) is 5.66. The summed E-state index contributed by atoms with van der Waals surface area (Å²) >= 11 is 0. The van der Waals surface area contributed by atoms with Gasteiger partial charge in [0.1, 0.15) is 0 Å². The van der Waals surface area contributed by atoms with E-state index < -0.39 is 0 Å². The Kier molecular flexibility index (Phi) is 5.79. The van der Waals surface area contributed by atoms with Crippen LogP contribution in [-0.2, 0) is 9.59 Å². The number of hydrogen-bond donors (Lipinski definition) is 1. The van der Waals surface area contributed by atoms with E-state index in [4.69, 9.17) is 5.73 Å². The maximum atomic E-state index is 12.3. The van der Waals surface area contributed by atoms with Crippen molar-refractivity contribution in [3.63, 3.8) is 0 Å². The minimum absolute atomic E-state index is 0.00324. The maximum Gasteiger partial charge on any atom is 0.236 e. The first kappa shape index (κ1) is 15.3. The minimum Gasteiger partial charge on any atom is -0.342 e. The molecule has 0 aromatic rings. The molecule has 2 saturated heterocycles. The Bertz CT molecular complexity index is 332. The number of rotatable bonds is 3. The molecule has 0 aliphatic carbocycles. The van der Waals surface area contributed by atoms with E-state index in [9.17, 15) is 9.59 Å². The van der Waals surface area contributed by atoms with Gasteiger partial charge < -0.3 is 15.5 Å². The SMILES string of the molecule is NCC(=O)N1CCN(CC(=O)N2CCCCCC2)CC1. The maximum absolute atomic E-state index is 12.3. The van der Waals surface area contributed by atoms with Crippen molar-refractivity contribution in [3.8, 4) is 0 Å². The minimum atomic E-state index is 0.00324. The average Bonchev–Trinajstić information content (AvgIpc) is 2.76. The summed E-state index contributed by atoms with van der Waals surface area (Å²) in [5, 5.41) is 0. The molecule has 0 saturated carbocycles. The number of nitrogens with zero attached hydrogens (tertiary/aromatic N) is 3. The molecular formula is C14H26N4O2. The number of hydrogen-bond acceptors (Lipinski definition) is 4. The lowest BCUT2D eigenvalue weighted by molar-refractivity contribution is -0.134. The third kappa shape index (κ3) is 4.18. The van der Waals surface area contributed by atoms with Gasteiger partial charge in [-0.2, -0.15) is 0 Å². The molecule has 114 valence electrons. The second-order valence-electron chi connectivity index (χ2n) is 5.66. The van der Waals surface area contributed by atoms with Gasteiger partial charge >= 0.3 is 0 Å². The third-order valence-corrected chi connectivity index (χ3v) is 4.22. The summed E-state index contributed by atoms with van der Waals surface area (Å²) in [6.45, 7) is 5.29. The smallest absolute Gasteiger partial charge is 0.236 e. The number of likely N-dealkylation sites (tertiary alicyclic amines) is 1. The lowest BCUT2D eigenvalue weighted by Gasteiger charge is -2.35. The molecule has 0 bridgehead atoms. The van der Waals surface area contributed by atoms with Crippen LogP contribution in [0.3, 0.4) is 0 Å².